The molecule has 0 aromatic carbocycles. The highest BCUT2D eigenvalue weighted by atomic mass is 19.1. The minimum Gasteiger partial charge on any atom is -0.403 e. The van der Waals surface area contributed by atoms with E-state index >= 15 is 0 Å². The quantitative estimate of drug-likeness (QED) is 0.482. The third kappa shape index (κ3) is 4.63. The van der Waals surface area contributed by atoms with Gasteiger partial charge in [-0.3, -0.25) is 0 Å². The van der Waals surface area contributed by atoms with E-state index in [0.717, 1.165) is 55.1 Å². The molecule has 4 aliphatic rings. The summed E-state index contributed by atoms with van der Waals surface area (Å²) in [6.07, 6.45) is 14.3. The van der Waals surface area contributed by atoms with Crippen molar-refractivity contribution in [2.75, 3.05) is 0 Å². The van der Waals surface area contributed by atoms with Crippen molar-refractivity contribution in [3.63, 3.8) is 0 Å². The maximum atomic E-state index is 14.7. The molecule has 0 aromatic rings. The van der Waals surface area contributed by atoms with Gasteiger partial charge in [0.2, 0.25) is 0 Å². The first-order valence-electron chi connectivity index (χ1n) is 13.4. The summed E-state index contributed by atoms with van der Waals surface area (Å²) in [6.45, 7) is 17.0. The Morgan fingerprint density at radius 1 is 0.867 bits per heavy atom. The van der Waals surface area contributed by atoms with Crippen LogP contribution in [0.1, 0.15) is 119 Å². The molecule has 2 N–H and O–H groups in total. The lowest BCUT2D eigenvalue weighted by Crippen LogP contribution is -2.54. The topological polar surface area (TPSA) is 26.0 Å². The van der Waals surface area contributed by atoms with Crippen molar-refractivity contribution in [2.24, 2.45) is 46.2 Å². The van der Waals surface area contributed by atoms with Crippen molar-refractivity contribution >= 4 is 0 Å². The van der Waals surface area contributed by atoms with E-state index in [-0.39, 0.29) is 5.41 Å². The molecular formula is C28H52FN. The molecule has 8 unspecified atom stereocenters. The summed E-state index contributed by atoms with van der Waals surface area (Å²) >= 11 is 0. The van der Waals surface area contributed by atoms with E-state index in [4.69, 9.17) is 5.73 Å². The van der Waals surface area contributed by atoms with Gasteiger partial charge in [0.15, 0.2) is 0 Å². The lowest BCUT2D eigenvalue weighted by molar-refractivity contribution is -0.130. The van der Waals surface area contributed by atoms with E-state index in [0.29, 0.717) is 11.3 Å². The van der Waals surface area contributed by atoms with Crippen LogP contribution in [0.15, 0.2) is 12.3 Å². The number of alkyl halides is 1. The van der Waals surface area contributed by atoms with Gasteiger partial charge in [-0.25, -0.2) is 4.39 Å². The molecule has 0 amide bonds. The van der Waals surface area contributed by atoms with Crippen molar-refractivity contribution in [1.82, 2.24) is 0 Å². The number of fused-ring (bicyclic) bond motifs is 5. The third-order valence-corrected chi connectivity index (χ3v) is 9.82. The summed E-state index contributed by atoms with van der Waals surface area (Å²) in [4.78, 5) is 0. The highest BCUT2D eigenvalue weighted by molar-refractivity contribution is 5.09. The molecule has 0 aromatic heterocycles. The van der Waals surface area contributed by atoms with E-state index in [2.05, 4.69) is 20.4 Å². The SMILES string of the molecule is C=C(N)CCCC1CCC2C3CCC4C(F)CCCC4(C)C3CCC12C.CC.CC. The van der Waals surface area contributed by atoms with Gasteiger partial charge in [-0.05, 0) is 117 Å². The Morgan fingerprint density at radius 2 is 1.50 bits per heavy atom. The monoisotopic (exact) mass is 421 g/mol. The average molecular weight is 422 g/mol. The lowest BCUT2D eigenvalue weighted by atomic mass is 9.44. The van der Waals surface area contributed by atoms with Crippen LogP contribution in [0.2, 0.25) is 0 Å². The minimum absolute atomic E-state index is 0.289. The van der Waals surface area contributed by atoms with Crippen molar-refractivity contribution in [1.29, 1.82) is 0 Å². The Hall–Kier alpha value is -0.530. The van der Waals surface area contributed by atoms with E-state index in [1.54, 1.807) is 0 Å². The Morgan fingerprint density at radius 3 is 2.17 bits per heavy atom. The zero-order chi connectivity index (χ0) is 22.5. The zero-order valence-corrected chi connectivity index (χ0v) is 21.1. The van der Waals surface area contributed by atoms with Gasteiger partial charge in [-0.2, -0.15) is 0 Å². The average Bonchev–Trinajstić information content (AvgIpc) is 3.07. The molecule has 4 rings (SSSR count). The van der Waals surface area contributed by atoms with Crippen LogP contribution in [0, 0.1) is 40.4 Å². The zero-order valence-electron chi connectivity index (χ0n) is 21.1. The second-order valence-electron chi connectivity index (χ2n) is 10.8. The van der Waals surface area contributed by atoms with E-state index in [1.165, 1.54) is 51.4 Å². The molecule has 4 fully saturated rings. The first kappa shape index (κ1) is 25.7. The van der Waals surface area contributed by atoms with Gasteiger partial charge in [0.05, 0.1) is 0 Å². The predicted molar refractivity (Wildman–Crippen MR) is 130 cm³/mol. The highest BCUT2D eigenvalue weighted by Crippen LogP contribution is 2.68. The molecule has 0 radical (unpaired) electrons. The highest BCUT2D eigenvalue weighted by Gasteiger charge is 2.60. The molecule has 0 bridgehead atoms. The molecule has 0 aliphatic heterocycles. The van der Waals surface area contributed by atoms with Crippen molar-refractivity contribution in [3.8, 4) is 0 Å². The molecule has 1 nitrogen and oxygen atoms in total. The summed E-state index contributed by atoms with van der Waals surface area (Å²) in [7, 11) is 0. The Kier molecular flexibility index (Phi) is 9.32. The largest absolute Gasteiger partial charge is 0.403 e. The van der Waals surface area contributed by atoms with E-state index in [9.17, 15) is 4.39 Å². The first-order chi connectivity index (χ1) is 14.4. The van der Waals surface area contributed by atoms with Gasteiger partial charge in [-0.15, -0.1) is 0 Å². The third-order valence-electron chi connectivity index (χ3n) is 9.82. The number of hydrogen-bond donors (Lipinski definition) is 1. The van der Waals surface area contributed by atoms with Crippen LogP contribution in [-0.2, 0) is 0 Å². The second kappa shape index (κ2) is 10.9. The Balaban J connectivity index is 0.000000757. The van der Waals surface area contributed by atoms with Crippen LogP contribution < -0.4 is 5.73 Å². The predicted octanol–water partition coefficient (Wildman–Crippen LogP) is 8.68. The van der Waals surface area contributed by atoms with Crippen LogP contribution in [0.4, 0.5) is 4.39 Å². The fourth-order valence-corrected chi connectivity index (χ4v) is 8.49. The summed E-state index contributed by atoms with van der Waals surface area (Å²) in [5.41, 5.74) is 7.46. The van der Waals surface area contributed by atoms with Gasteiger partial charge < -0.3 is 5.73 Å². The van der Waals surface area contributed by atoms with Gasteiger partial charge in [0.1, 0.15) is 6.17 Å². The Labute approximate surface area is 187 Å². The van der Waals surface area contributed by atoms with Gasteiger partial charge in [0.25, 0.3) is 0 Å². The molecule has 4 saturated carbocycles. The van der Waals surface area contributed by atoms with Gasteiger partial charge >= 0.3 is 0 Å². The van der Waals surface area contributed by atoms with Gasteiger partial charge in [-0.1, -0.05) is 48.1 Å². The summed E-state index contributed by atoms with van der Waals surface area (Å²) in [5, 5.41) is 0. The van der Waals surface area contributed by atoms with Crippen molar-refractivity contribution in [3.05, 3.63) is 12.3 Å². The smallest absolute Gasteiger partial charge is 0.103 e. The normalized spacial score (nSPS) is 44.2. The fraction of sp³-hybridized carbons (Fsp3) is 0.929. The number of halogens is 1. The maximum absolute atomic E-state index is 14.7. The number of allylic oxidation sites excluding steroid dienone is 1. The summed E-state index contributed by atoms with van der Waals surface area (Å²) in [6, 6.07) is 0. The molecular weight excluding hydrogens is 369 g/mol. The molecule has 2 heteroatoms. The fourth-order valence-electron chi connectivity index (χ4n) is 8.49. The molecule has 30 heavy (non-hydrogen) atoms. The molecule has 0 heterocycles. The van der Waals surface area contributed by atoms with E-state index in [1.807, 2.05) is 27.7 Å². The minimum atomic E-state index is -0.524. The van der Waals surface area contributed by atoms with Crippen molar-refractivity contribution in [2.45, 2.75) is 125 Å². The number of nitrogens with two attached hydrogens (primary N) is 1. The molecule has 176 valence electrons. The van der Waals surface area contributed by atoms with Crippen LogP contribution in [0.25, 0.3) is 0 Å². The molecule has 8 atom stereocenters. The Bertz CT molecular complexity index is 545. The summed E-state index contributed by atoms with van der Waals surface area (Å²) < 4.78 is 14.7. The maximum Gasteiger partial charge on any atom is 0.103 e. The van der Waals surface area contributed by atoms with Crippen LogP contribution in [-0.4, -0.2) is 6.17 Å². The second-order valence-corrected chi connectivity index (χ2v) is 10.8. The van der Waals surface area contributed by atoms with E-state index < -0.39 is 6.17 Å². The lowest BCUT2D eigenvalue weighted by Gasteiger charge is -2.61. The summed E-state index contributed by atoms with van der Waals surface area (Å²) in [5.74, 6) is 3.79. The molecule has 4 aliphatic carbocycles. The first-order valence-corrected chi connectivity index (χ1v) is 13.4. The molecule has 0 spiro atoms. The van der Waals surface area contributed by atoms with Crippen LogP contribution >= 0.6 is 0 Å². The molecule has 0 saturated heterocycles. The van der Waals surface area contributed by atoms with Crippen LogP contribution in [0.3, 0.4) is 0 Å². The number of hydrogen-bond acceptors (Lipinski definition) is 1. The van der Waals surface area contributed by atoms with Gasteiger partial charge in [0, 0.05) is 5.70 Å². The van der Waals surface area contributed by atoms with Crippen molar-refractivity contribution < 1.29 is 4.39 Å². The number of rotatable bonds is 4. The van der Waals surface area contributed by atoms with Crippen LogP contribution in [0.5, 0.6) is 0 Å². The standard InChI is InChI=1S/C24H40FN.2C2H6/c1-16(26)6-4-7-17-9-11-19-18-10-12-21-22(25)8-5-14-24(21,3)20(18)13-15-23(17,19)2;2*1-2/h17-22H,1,4-15,26H2,2-3H3;2*1-2H3.